The lowest BCUT2D eigenvalue weighted by Gasteiger charge is -2.23. The Morgan fingerprint density at radius 1 is 1.00 bits per heavy atom. The standard InChI is InChI=1S/C13H21N/c1-10-7-11(13(2,3)4)9-12(8-10)14(5)6/h7-9H,1-6H3. The van der Waals surface area contributed by atoms with Crippen LogP contribution in [0.3, 0.4) is 0 Å². The quantitative estimate of drug-likeness (QED) is 0.658. The average molecular weight is 191 g/mol. The second kappa shape index (κ2) is 3.64. The summed E-state index contributed by atoms with van der Waals surface area (Å²) < 4.78 is 0. The van der Waals surface area contributed by atoms with Crippen LogP contribution >= 0.6 is 0 Å². The van der Waals surface area contributed by atoms with E-state index in [0.29, 0.717) is 0 Å². The third kappa shape index (κ3) is 2.50. The molecule has 0 aromatic heterocycles. The highest BCUT2D eigenvalue weighted by Gasteiger charge is 2.14. The number of nitrogens with zero attached hydrogens (tertiary/aromatic N) is 1. The van der Waals surface area contributed by atoms with Crippen molar-refractivity contribution < 1.29 is 0 Å². The van der Waals surface area contributed by atoms with Crippen molar-refractivity contribution in [3.8, 4) is 0 Å². The summed E-state index contributed by atoms with van der Waals surface area (Å²) in [5.41, 5.74) is 4.26. The van der Waals surface area contributed by atoms with E-state index in [1.165, 1.54) is 16.8 Å². The minimum atomic E-state index is 0.233. The van der Waals surface area contributed by atoms with Crippen LogP contribution in [-0.2, 0) is 5.41 Å². The molecule has 0 fully saturated rings. The van der Waals surface area contributed by atoms with Gasteiger partial charge in [0.25, 0.3) is 0 Å². The first-order chi connectivity index (χ1) is 6.30. The number of aryl methyl sites for hydroxylation is 1. The summed E-state index contributed by atoms with van der Waals surface area (Å²) in [6.07, 6.45) is 0. The van der Waals surface area contributed by atoms with Crippen LogP contribution in [0.1, 0.15) is 31.9 Å². The van der Waals surface area contributed by atoms with E-state index in [-0.39, 0.29) is 5.41 Å². The molecule has 0 amide bonds. The predicted molar refractivity (Wildman–Crippen MR) is 64.2 cm³/mol. The zero-order valence-electron chi connectivity index (χ0n) is 10.2. The number of anilines is 1. The molecule has 0 aliphatic heterocycles. The van der Waals surface area contributed by atoms with Crippen LogP contribution in [0.15, 0.2) is 18.2 Å². The third-order valence-corrected chi connectivity index (χ3v) is 2.44. The molecule has 0 unspecified atom stereocenters. The Bertz CT molecular complexity index is 318. The van der Waals surface area contributed by atoms with Crippen LogP contribution in [0.5, 0.6) is 0 Å². The highest BCUT2D eigenvalue weighted by Crippen LogP contribution is 2.27. The van der Waals surface area contributed by atoms with Crippen molar-refractivity contribution in [1.29, 1.82) is 0 Å². The molecule has 0 spiro atoms. The van der Waals surface area contributed by atoms with Gasteiger partial charge in [-0.25, -0.2) is 0 Å². The molecule has 0 aliphatic carbocycles. The van der Waals surface area contributed by atoms with Gasteiger partial charge < -0.3 is 4.90 Å². The van der Waals surface area contributed by atoms with E-state index in [4.69, 9.17) is 0 Å². The molecule has 1 heteroatoms. The maximum atomic E-state index is 2.27. The molecule has 78 valence electrons. The molecule has 0 aliphatic rings. The summed E-state index contributed by atoms with van der Waals surface area (Å²) in [4.78, 5) is 2.15. The van der Waals surface area contributed by atoms with Gasteiger partial charge in [0.05, 0.1) is 0 Å². The maximum Gasteiger partial charge on any atom is 0.0366 e. The molecule has 0 radical (unpaired) electrons. The third-order valence-electron chi connectivity index (χ3n) is 2.44. The predicted octanol–water partition coefficient (Wildman–Crippen LogP) is 3.36. The van der Waals surface area contributed by atoms with Crippen molar-refractivity contribution in [1.82, 2.24) is 0 Å². The van der Waals surface area contributed by atoms with E-state index >= 15 is 0 Å². The van der Waals surface area contributed by atoms with E-state index in [1.807, 2.05) is 0 Å². The highest BCUT2D eigenvalue weighted by atomic mass is 15.1. The first kappa shape index (κ1) is 11.1. The SMILES string of the molecule is Cc1cc(N(C)C)cc(C(C)(C)C)c1. The molecule has 1 rings (SSSR count). The molecular weight excluding hydrogens is 170 g/mol. The van der Waals surface area contributed by atoms with Gasteiger partial charge in [-0.2, -0.15) is 0 Å². The maximum absolute atomic E-state index is 2.27. The Balaban J connectivity index is 3.21. The molecule has 1 nitrogen and oxygen atoms in total. The Hall–Kier alpha value is -0.980. The van der Waals surface area contributed by atoms with Crippen LogP contribution in [-0.4, -0.2) is 14.1 Å². The fourth-order valence-corrected chi connectivity index (χ4v) is 1.45. The van der Waals surface area contributed by atoms with Crippen molar-refractivity contribution in [2.75, 3.05) is 19.0 Å². The van der Waals surface area contributed by atoms with Gasteiger partial charge in [-0.15, -0.1) is 0 Å². The van der Waals surface area contributed by atoms with Crippen molar-refractivity contribution in [3.05, 3.63) is 29.3 Å². The Morgan fingerprint density at radius 2 is 1.57 bits per heavy atom. The normalized spacial score (nSPS) is 11.6. The van der Waals surface area contributed by atoms with Crippen LogP contribution in [0.4, 0.5) is 5.69 Å². The Morgan fingerprint density at radius 3 is 2.00 bits per heavy atom. The minimum Gasteiger partial charge on any atom is -0.378 e. The monoisotopic (exact) mass is 191 g/mol. The highest BCUT2D eigenvalue weighted by molar-refractivity contribution is 5.51. The fraction of sp³-hybridized carbons (Fsp3) is 0.538. The van der Waals surface area contributed by atoms with Gasteiger partial charge in [0.15, 0.2) is 0 Å². The zero-order valence-corrected chi connectivity index (χ0v) is 10.2. The Kier molecular flexibility index (Phi) is 2.89. The van der Waals surface area contributed by atoms with Gasteiger partial charge in [0, 0.05) is 19.8 Å². The molecular formula is C13H21N. The van der Waals surface area contributed by atoms with Gasteiger partial charge in [-0.1, -0.05) is 26.8 Å². The molecule has 0 N–H and O–H groups in total. The number of rotatable bonds is 1. The van der Waals surface area contributed by atoms with Gasteiger partial charge >= 0.3 is 0 Å². The summed E-state index contributed by atoms with van der Waals surface area (Å²) in [7, 11) is 4.17. The lowest BCUT2D eigenvalue weighted by atomic mass is 9.86. The second-order valence-corrected chi connectivity index (χ2v) is 5.20. The minimum absolute atomic E-state index is 0.233. The number of hydrogen-bond acceptors (Lipinski definition) is 1. The van der Waals surface area contributed by atoms with E-state index in [9.17, 15) is 0 Å². The van der Waals surface area contributed by atoms with Gasteiger partial charge in [0.1, 0.15) is 0 Å². The van der Waals surface area contributed by atoms with Crippen molar-refractivity contribution in [2.24, 2.45) is 0 Å². The molecule has 0 atom stereocenters. The summed E-state index contributed by atoms with van der Waals surface area (Å²) in [6.45, 7) is 8.91. The first-order valence-corrected chi connectivity index (χ1v) is 5.10. The summed E-state index contributed by atoms with van der Waals surface area (Å²) in [6, 6.07) is 6.76. The lowest BCUT2D eigenvalue weighted by molar-refractivity contribution is 0.589. The van der Waals surface area contributed by atoms with Gasteiger partial charge in [-0.3, -0.25) is 0 Å². The molecule has 0 saturated heterocycles. The molecule has 14 heavy (non-hydrogen) atoms. The lowest BCUT2D eigenvalue weighted by Crippen LogP contribution is -2.14. The van der Waals surface area contributed by atoms with Crippen LogP contribution in [0.25, 0.3) is 0 Å². The average Bonchev–Trinajstić information content (AvgIpc) is 2.01. The Labute approximate surface area is 87.7 Å². The van der Waals surface area contributed by atoms with E-state index in [2.05, 4.69) is 64.9 Å². The fourth-order valence-electron chi connectivity index (χ4n) is 1.45. The van der Waals surface area contributed by atoms with Crippen LogP contribution in [0, 0.1) is 6.92 Å². The van der Waals surface area contributed by atoms with E-state index in [1.54, 1.807) is 0 Å². The smallest absolute Gasteiger partial charge is 0.0366 e. The molecule has 0 bridgehead atoms. The first-order valence-electron chi connectivity index (χ1n) is 5.10. The number of benzene rings is 1. The van der Waals surface area contributed by atoms with Gasteiger partial charge in [-0.05, 0) is 35.6 Å². The molecule has 0 saturated carbocycles. The van der Waals surface area contributed by atoms with Crippen LogP contribution < -0.4 is 4.90 Å². The molecule has 1 aromatic carbocycles. The topological polar surface area (TPSA) is 3.24 Å². The largest absolute Gasteiger partial charge is 0.378 e. The van der Waals surface area contributed by atoms with Crippen molar-refractivity contribution in [3.63, 3.8) is 0 Å². The van der Waals surface area contributed by atoms with E-state index < -0.39 is 0 Å². The second-order valence-electron chi connectivity index (χ2n) is 5.20. The van der Waals surface area contributed by atoms with Crippen LogP contribution in [0.2, 0.25) is 0 Å². The van der Waals surface area contributed by atoms with Gasteiger partial charge in [0.2, 0.25) is 0 Å². The summed E-state index contributed by atoms with van der Waals surface area (Å²) in [5, 5.41) is 0. The molecule has 0 heterocycles. The summed E-state index contributed by atoms with van der Waals surface area (Å²) >= 11 is 0. The van der Waals surface area contributed by atoms with Crippen molar-refractivity contribution in [2.45, 2.75) is 33.1 Å². The zero-order chi connectivity index (χ0) is 10.9. The van der Waals surface area contributed by atoms with E-state index in [0.717, 1.165) is 0 Å². The summed E-state index contributed by atoms with van der Waals surface area (Å²) in [5.74, 6) is 0. The van der Waals surface area contributed by atoms with Crippen molar-refractivity contribution >= 4 is 5.69 Å². The number of hydrogen-bond donors (Lipinski definition) is 0. The molecule has 1 aromatic rings.